The zero-order valence-corrected chi connectivity index (χ0v) is 9.92. The number of hydrogen-bond acceptors (Lipinski definition) is 5. The van der Waals surface area contributed by atoms with E-state index in [4.69, 9.17) is 9.47 Å². The fourth-order valence-corrected chi connectivity index (χ4v) is 0.846. The van der Waals surface area contributed by atoms with Gasteiger partial charge >= 0.3 is 11.9 Å². The Morgan fingerprint density at radius 2 is 1.61 bits per heavy atom. The van der Waals surface area contributed by atoms with Gasteiger partial charge in [-0.3, -0.25) is 4.79 Å². The van der Waals surface area contributed by atoms with Gasteiger partial charge in [0.2, 0.25) is 5.78 Å². The maximum atomic E-state index is 12.8. The molecule has 0 rings (SSSR count). The topological polar surface area (TPSA) is 61.8 Å². The quantitative estimate of drug-likeness (QED) is 0.334. The molecule has 0 aliphatic rings. The molecule has 0 unspecified atom stereocenters. The van der Waals surface area contributed by atoms with Crippen LogP contribution in [0.25, 0.3) is 0 Å². The van der Waals surface area contributed by atoms with E-state index < -0.39 is 31.0 Å². The smallest absolute Gasteiger partial charge is 0.402 e. The van der Waals surface area contributed by atoms with Gasteiger partial charge in [0.05, 0.1) is 19.8 Å². The molecule has 0 aliphatic heterocycles. The van der Waals surface area contributed by atoms with Crippen LogP contribution in [0.15, 0.2) is 0 Å². The van der Waals surface area contributed by atoms with E-state index in [1.54, 1.807) is 6.92 Å². The lowest BCUT2D eigenvalue weighted by Crippen LogP contribution is -2.40. The number of halogens is 3. The van der Waals surface area contributed by atoms with Gasteiger partial charge in [0.15, 0.2) is 6.67 Å². The fraction of sp³-hybridized carbons (Fsp3) is 0.800. The van der Waals surface area contributed by atoms with Crippen molar-refractivity contribution in [3.63, 3.8) is 0 Å². The SMILES string of the molecule is CCOCCOCCOC(=O)C(F)(F)C(=O)CF. The molecule has 0 bridgehead atoms. The minimum atomic E-state index is -4.44. The molecular weight excluding hydrogens is 257 g/mol. The lowest BCUT2D eigenvalue weighted by molar-refractivity contribution is -0.178. The van der Waals surface area contributed by atoms with Crippen molar-refractivity contribution in [3.05, 3.63) is 0 Å². The Hall–Kier alpha value is -1.15. The summed E-state index contributed by atoms with van der Waals surface area (Å²) < 4.78 is 51.1. The molecule has 0 N–H and O–H groups in total. The van der Waals surface area contributed by atoms with Crippen LogP contribution >= 0.6 is 0 Å². The summed E-state index contributed by atoms with van der Waals surface area (Å²) in [6, 6.07) is 0. The van der Waals surface area contributed by atoms with Crippen LogP contribution in [0.1, 0.15) is 6.92 Å². The Morgan fingerprint density at radius 1 is 1.06 bits per heavy atom. The summed E-state index contributed by atoms with van der Waals surface area (Å²) in [7, 11) is 0. The molecule has 0 aromatic rings. The summed E-state index contributed by atoms with van der Waals surface area (Å²) in [5.41, 5.74) is 0. The molecule has 18 heavy (non-hydrogen) atoms. The van der Waals surface area contributed by atoms with Crippen molar-refractivity contribution < 1.29 is 37.0 Å². The summed E-state index contributed by atoms with van der Waals surface area (Å²) in [5, 5.41) is 0. The van der Waals surface area contributed by atoms with Crippen LogP contribution in [0, 0.1) is 0 Å². The van der Waals surface area contributed by atoms with Crippen LogP contribution in [0.3, 0.4) is 0 Å². The van der Waals surface area contributed by atoms with Crippen LogP contribution in [0.5, 0.6) is 0 Å². The van der Waals surface area contributed by atoms with Gasteiger partial charge in [0.1, 0.15) is 6.61 Å². The average Bonchev–Trinajstić information content (AvgIpc) is 2.36. The highest BCUT2D eigenvalue weighted by molar-refractivity contribution is 6.05. The van der Waals surface area contributed by atoms with Gasteiger partial charge in [-0.2, -0.15) is 8.78 Å². The number of carbonyl (C=O) groups is 2. The number of hydrogen-bond donors (Lipinski definition) is 0. The van der Waals surface area contributed by atoms with Crippen LogP contribution in [-0.2, 0) is 23.8 Å². The van der Waals surface area contributed by atoms with Crippen molar-refractivity contribution in [2.75, 3.05) is 39.7 Å². The van der Waals surface area contributed by atoms with Gasteiger partial charge in [0, 0.05) is 6.61 Å². The largest absolute Gasteiger partial charge is 0.458 e. The second kappa shape index (κ2) is 8.87. The number of rotatable bonds is 10. The normalized spacial score (nSPS) is 11.3. The average molecular weight is 272 g/mol. The Bertz CT molecular complexity index is 270. The molecule has 8 heteroatoms. The van der Waals surface area contributed by atoms with E-state index in [9.17, 15) is 22.8 Å². The minimum absolute atomic E-state index is 0.112. The Morgan fingerprint density at radius 3 is 2.17 bits per heavy atom. The molecule has 0 aromatic carbocycles. The van der Waals surface area contributed by atoms with Crippen molar-refractivity contribution in [3.8, 4) is 0 Å². The first-order chi connectivity index (χ1) is 8.46. The van der Waals surface area contributed by atoms with Crippen LogP contribution in [-0.4, -0.2) is 57.4 Å². The highest BCUT2D eigenvalue weighted by Gasteiger charge is 2.48. The number of Topliss-reactive ketones (excluding diaryl/α,β-unsaturated/α-hetero) is 1. The highest BCUT2D eigenvalue weighted by Crippen LogP contribution is 2.17. The molecular formula is C10H15F3O5. The number of ether oxygens (including phenoxy) is 3. The van der Waals surface area contributed by atoms with Crippen molar-refractivity contribution in [1.29, 1.82) is 0 Å². The first-order valence-corrected chi connectivity index (χ1v) is 5.26. The predicted molar refractivity (Wildman–Crippen MR) is 54.2 cm³/mol. The molecule has 0 amide bonds. The van der Waals surface area contributed by atoms with Crippen molar-refractivity contribution >= 4 is 11.8 Å². The lowest BCUT2D eigenvalue weighted by atomic mass is 10.2. The van der Waals surface area contributed by atoms with Crippen LogP contribution in [0.4, 0.5) is 13.2 Å². The van der Waals surface area contributed by atoms with Gasteiger partial charge < -0.3 is 14.2 Å². The monoisotopic (exact) mass is 272 g/mol. The maximum Gasteiger partial charge on any atom is 0.402 e. The van der Waals surface area contributed by atoms with Gasteiger partial charge in [-0.1, -0.05) is 0 Å². The Kier molecular flexibility index (Phi) is 8.30. The van der Waals surface area contributed by atoms with Gasteiger partial charge in [-0.15, -0.1) is 0 Å². The molecule has 0 aliphatic carbocycles. The third-order valence-corrected chi connectivity index (χ3v) is 1.76. The number of ketones is 1. The molecule has 106 valence electrons. The van der Waals surface area contributed by atoms with E-state index in [1.165, 1.54) is 0 Å². The van der Waals surface area contributed by atoms with Gasteiger partial charge in [-0.25, -0.2) is 9.18 Å². The summed E-state index contributed by atoms with van der Waals surface area (Å²) >= 11 is 0. The zero-order chi connectivity index (χ0) is 14.0. The molecule has 0 aromatic heterocycles. The number of alkyl halides is 3. The summed E-state index contributed by atoms with van der Waals surface area (Å²) in [5.74, 6) is -8.64. The molecule has 0 saturated heterocycles. The van der Waals surface area contributed by atoms with Crippen molar-refractivity contribution in [2.24, 2.45) is 0 Å². The second-order valence-electron chi connectivity index (χ2n) is 3.08. The third kappa shape index (κ3) is 5.97. The van der Waals surface area contributed by atoms with Crippen LogP contribution < -0.4 is 0 Å². The van der Waals surface area contributed by atoms with Gasteiger partial charge in [0.25, 0.3) is 0 Å². The maximum absolute atomic E-state index is 12.8. The zero-order valence-electron chi connectivity index (χ0n) is 9.92. The summed E-state index contributed by atoms with van der Waals surface area (Å²) in [4.78, 5) is 21.2. The number of esters is 1. The first kappa shape index (κ1) is 16.9. The Labute approximate surface area is 102 Å². The molecule has 0 saturated carbocycles. The Balaban J connectivity index is 3.74. The standard InChI is InChI=1S/C10H15F3O5/c1-2-16-3-4-17-5-6-18-9(15)10(12,13)8(14)7-11/h2-7H2,1H3. The summed E-state index contributed by atoms with van der Waals surface area (Å²) in [6.45, 7) is 0.402. The van der Waals surface area contributed by atoms with Crippen molar-refractivity contribution in [1.82, 2.24) is 0 Å². The molecule has 0 spiro atoms. The van der Waals surface area contributed by atoms with E-state index in [2.05, 4.69) is 4.74 Å². The molecule has 5 nitrogen and oxygen atoms in total. The fourth-order valence-electron chi connectivity index (χ4n) is 0.846. The molecule has 0 radical (unpaired) electrons. The van der Waals surface area contributed by atoms with E-state index in [1.807, 2.05) is 0 Å². The number of carbonyl (C=O) groups excluding carboxylic acids is 2. The minimum Gasteiger partial charge on any atom is -0.458 e. The molecule has 0 fully saturated rings. The van der Waals surface area contributed by atoms with E-state index >= 15 is 0 Å². The van der Waals surface area contributed by atoms with Gasteiger partial charge in [-0.05, 0) is 6.92 Å². The molecule has 0 heterocycles. The van der Waals surface area contributed by atoms with E-state index in [0.717, 1.165) is 0 Å². The highest BCUT2D eigenvalue weighted by atomic mass is 19.3. The van der Waals surface area contributed by atoms with E-state index in [-0.39, 0.29) is 13.2 Å². The summed E-state index contributed by atoms with van der Waals surface area (Å²) in [6.07, 6.45) is 0. The predicted octanol–water partition coefficient (Wildman–Crippen LogP) is 0.757. The lowest BCUT2D eigenvalue weighted by Gasteiger charge is -2.12. The molecule has 0 atom stereocenters. The van der Waals surface area contributed by atoms with Crippen LogP contribution in [0.2, 0.25) is 0 Å². The van der Waals surface area contributed by atoms with Crippen molar-refractivity contribution in [2.45, 2.75) is 12.8 Å². The second-order valence-corrected chi connectivity index (χ2v) is 3.08. The third-order valence-electron chi connectivity index (χ3n) is 1.76. The first-order valence-electron chi connectivity index (χ1n) is 5.26. The van der Waals surface area contributed by atoms with E-state index in [0.29, 0.717) is 13.2 Å².